The van der Waals surface area contributed by atoms with Crippen molar-refractivity contribution in [2.75, 3.05) is 0 Å². The summed E-state index contributed by atoms with van der Waals surface area (Å²) in [4.78, 5) is 22.1. The Kier molecular flexibility index (Phi) is 3.85. The predicted molar refractivity (Wildman–Crippen MR) is 55.3 cm³/mol. The van der Waals surface area contributed by atoms with E-state index in [9.17, 15) is 9.59 Å². The number of amides is 1. The van der Waals surface area contributed by atoms with Crippen LogP contribution >= 0.6 is 0 Å². The fraction of sp³-hybridized carbons (Fsp3) is 0.273. The normalized spacial score (nSPS) is 11.8. The van der Waals surface area contributed by atoms with E-state index >= 15 is 0 Å². The average Bonchev–Trinajstić information content (AvgIpc) is 2.26. The fourth-order valence-corrected chi connectivity index (χ4v) is 1.20. The zero-order valence-electron chi connectivity index (χ0n) is 8.43. The summed E-state index contributed by atoms with van der Waals surface area (Å²) in [6.45, 7) is 1.68. The summed E-state index contributed by atoms with van der Waals surface area (Å²) < 4.78 is 0. The molecule has 1 amide bonds. The summed E-state index contributed by atoms with van der Waals surface area (Å²) in [5.74, 6) is -1.32. The first-order chi connectivity index (χ1) is 7.15. The zero-order valence-corrected chi connectivity index (χ0v) is 8.43. The van der Waals surface area contributed by atoms with Gasteiger partial charge in [0.15, 0.2) is 6.04 Å². The number of carbonyl (C=O) groups is 2. The van der Waals surface area contributed by atoms with Gasteiger partial charge in [0.1, 0.15) is 0 Å². The van der Waals surface area contributed by atoms with E-state index in [4.69, 9.17) is 5.11 Å². The van der Waals surface area contributed by atoms with E-state index in [2.05, 4.69) is 5.32 Å². The van der Waals surface area contributed by atoms with Crippen LogP contribution in [0.2, 0.25) is 0 Å². The molecular weight excluding hydrogens is 194 g/mol. The molecule has 0 aliphatic heterocycles. The molecule has 0 aliphatic rings. The number of hydrogen-bond donors (Lipinski definition) is 2. The maximum Gasteiger partial charge on any atom is 0.330 e. The highest BCUT2D eigenvalue weighted by molar-refractivity contribution is 5.84. The van der Waals surface area contributed by atoms with E-state index in [0.29, 0.717) is 5.56 Å². The van der Waals surface area contributed by atoms with Gasteiger partial charge in [-0.3, -0.25) is 4.79 Å². The van der Waals surface area contributed by atoms with Crippen LogP contribution in [0, 0.1) is 0 Å². The van der Waals surface area contributed by atoms with Crippen LogP contribution in [0.3, 0.4) is 0 Å². The van der Waals surface area contributed by atoms with E-state index in [-0.39, 0.29) is 12.3 Å². The lowest BCUT2D eigenvalue weighted by Gasteiger charge is -2.13. The van der Waals surface area contributed by atoms with Gasteiger partial charge < -0.3 is 10.4 Å². The van der Waals surface area contributed by atoms with Crippen molar-refractivity contribution >= 4 is 11.9 Å². The number of benzene rings is 1. The standard InChI is InChI=1S/C11H13NO3/c1-2-9(13)12-10(11(14)15)8-6-4-3-5-7-8/h3-7,10H,2H2,1H3,(H,12,13)(H,14,15)/t10-/m0/s1. The molecule has 0 radical (unpaired) electrons. The minimum Gasteiger partial charge on any atom is -0.479 e. The van der Waals surface area contributed by atoms with Crippen LogP contribution in [-0.4, -0.2) is 17.0 Å². The van der Waals surface area contributed by atoms with Crippen molar-refractivity contribution < 1.29 is 14.7 Å². The maximum atomic E-state index is 11.1. The Morgan fingerprint density at radius 2 is 1.93 bits per heavy atom. The van der Waals surface area contributed by atoms with Gasteiger partial charge >= 0.3 is 5.97 Å². The van der Waals surface area contributed by atoms with Crippen molar-refractivity contribution in [2.24, 2.45) is 0 Å². The van der Waals surface area contributed by atoms with Crippen molar-refractivity contribution in [2.45, 2.75) is 19.4 Å². The third kappa shape index (κ3) is 3.09. The Morgan fingerprint density at radius 3 is 2.40 bits per heavy atom. The fourth-order valence-electron chi connectivity index (χ4n) is 1.20. The first kappa shape index (κ1) is 11.2. The molecule has 80 valence electrons. The molecule has 0 bridgehead atoms. The number of carboxylic acids is 1. The number of aliphatic carboxylic acids is 1. The predicted octanol–water partition coefficient (Wildman–Crippen LogP) is 1.34. The molecule has 0 spiro atoms. The van der Waals surface area contributed by atoms with Gasteiger partial charge in [0.25, 0.3) is 0 Å². The molecule has 0 saturated heterocycles. The summed E-state index contributed by atoms with van der Waals surface area (Å²) in [5, 5.41) is 11.4. The summed E-state index contributed by atoms with van der Waals surface area (Å²) in [5.41, 5.74) is 0.576. The lowest BCUT2D eigenvalue weighted by molar-refractivity contribution is -0.142. The molecule has 1 aromatic carbocycles. The maximum absolute atomic E-state index is 11.1. The first-order valence-corrected chi connectivity index (χ1v) is 4.72. The third-order valence-corrected chi connectivity index (χ3v) is 2.01. The van der Waals surface area contributed by atoms with Gasteiger partial charge in [0, 0.05) is 6.42 Å². The van der Waals surface area contributed by atoms with Crippen molar-refractivity contribution in [3.63, 3.8) is 0 Å². The largest absolute Gasteiger partial charge is 0.479 e. The number of nitrogens with one attached hydrogen (secondary N) is 1. The summed E-state index contributed by atoms with van der Waals surface area (Å²) in [6, 6.07) is 7.67. The molecule has 2 N–H and O–H groups in total. The molecule has 1 atom stereocenters. The van der Waals surface area contributed by atoms with Gasteiger partial charge in [-0.25, -0.2) is 4.79 Å². The molecule has 0 heterocycles. The molecule has 4 heteroatoms. The molecule has 1 rings (SSSR count). The number of carbonyl (C=O) groups excluding carboxylic acids is 1. The van der Waals surface area contributed by atoms with Crippen LogP contribution in [0.4, 0.5) is 0 Å². The van der Waals surface area contributed by atoms with Crippen molar-refractivity contribution in [1.29, 1.82) is 0 Å². The summed E-state index contributed by atoms with van der Waals surface area (Å²) >= 11 is 0. The lowest BCUT2D eigenvalue weighted by Crippen LogP contribution is -2.33. The van der Waals surface area contributed by atoms with Crippen LogP contribution in [0.15, 0.2) is 30.3 Å². The monoisotopic (exact) mass is 207 g/mol. The summed E-state index contributed by atoms with van der Waals surface area (Å²) in [7, 11) is 0. The van der Waals surface area contributed by atoms with Crippen molar-refractivity contribution in [1.82, 2.24) is 5.32 Å². The van der Waals surface area contributed by atoms with Gasteiger partial charge in [-0.05, 0) is 5.56 Å². The van der Waals surface area contributed by atoms with Gasteiger partial charge in [-0.2, -0.15) is 0 Å². The summed E-state index contributed by atoms with van der Waals surface area (Å²) in [6.07, 6.45) is 0.274. The molecular formula is C11H13NO3. The molecule has 0 aromatic heterocycles. The van der Waals surface area contributed by atoms with E-state index in [1.807, 2.05) is 0 Å². The lowest BCUT2D eigenvalue weighted by atomic mass is 10.1. The van der Waals surface area contributed by atoms with E-state index in [1.54, 1.807) is 37.3 Å². The smallest absolute Gasteiger partial charge is 0.330 e. The molecule has 0 unspecified atom stereocenters. The van der Waals surface area contributed by atoms with E-state index in [1.165, 1.54) is 0 Å². The Balaban J connectivity index is 2.84. The van der Waals surface area contributed by atoms with Crippen LogP contribution < -0.4 is 5.32 Å². The molecule has 15 heavy (non-hydrogen) atoms. The Morgan fingerprint density at radius 1 is 1.33 bits per heavy atom. The molecule has 1 aromatic rings. The van der Waals surface area contributed by atoms with Gasteiger partial charge in [0.05, 0.1) is 0 Å². The Labute approximate surface area is 87.9 Å². The van der Waals surface area contributed by atoms with Gasteiger partial charge in [0.2, 0.25) is 5.91 Å². The number of rotatable bonds is 4. The van der Waals surface area contributed by atoms with Crippen molar-refractivity contribution in [3.8, 4) is 0 Å². The van der Waals surface area contributed by atoms with Crippen LogP contribution in [0.1, 0.15) is 24.9 Å². The Bertz CT molecular complexity index is 348. The second-order valence-electron chi connectivity index (χ2n) is 3.10. The highest BCUT2D eigenvalue weighted by atomic mass is 16.4. The van der Waals surface area contributed by atoms with Gasteiger partial charge in [-0.1, -0.05) is 37.3 Å². The van der Waals surface area contributed by atoms with Crippen LogP contribution in [0.5, 0.6) is 0 Å². The van der Waals surface area contributed by atoms with Gasteiger partial charge in [-0.15, -0.1) is 0 Å². The zero-order chi connectivity index (χ0) is 11.3. The van der Waals surface area contributed by atoms with Crippen molar-refractivity contribution in [3.05, 3.63) is 35.9 Å². The second-order valence-corrected chi connectivity index (χ2v) is 3.10. The third-order valence-electron chi connectivity index (χ3n) is 2.01. The quantitative estimate of drug-likeness (QED) is 0.782. The molecule has 0 saturated carbocycles. The highest BCUT2D eigenvalue weighted by Gasteiger charge is 2.20. The minimum atomic E-state index is -1.05. The Hall–Kier alpha value is -1.84. The second kappa shape index (κ2) is 5.14. The first-order valence-electron chi connectivity index (χ1n) is 4.72. The average molecular weight is 207 g/mol. The van der Waals surface area contributed by atoms with Crippen LogP contribution in [-0.2, 0) is 9.59 Å². The van der Waals surface area contributed by atoms with E-state index in [0.717, 1.165) is 0 Å². The van der Waals surface area contributed by atoms with Crippen LogP contribution in [0.25, 0.3) is 0 Å². The van der Waals surface area contributed by atoms with E-state index < -0.39 is 12.0 Å². The SMILES string of the molecule is CCC(=O)N[C@H](C(=O)O)c1ccccc1. The highest BCUT2D eigenvalue weighted by Crippen LogP contribution is 2.12. The molecule has 0 aliphatic carbocycles. The number of hydrogen-bond acceptors (Lipinski definition) is 2. The number of carboxylic acid groups (broad SMARTS) is 1. The minimum absolute atomic E-state index is 0.272. The molecule has 4 nitrogen and oxygen atoms in total. The molecule has 0 fully saturated rings. The topological polar surface area (TPSA) is 66.4 Å².